The number of thiophene rings is 1. The highest BCUT2D eigenvalue weighted by atomic mass is 32.1. The maximum absolute atomic E-state index is 11.9. The summed E-state index contributed by atoms with van der Waals surface area (Å²) in [6, 6.07) is 10.7. The number of pyridine rings is 1. The molecule has 0 radical (unpaired) electrons. The predicted molar refractivity (Wildman–Crippen MR) is 98.1 cm³/mol. The van der Waals surface area contributed by atoms with Crippen molar-refractivity contribution in [2.45, 2.75) is 6.54 Å². The van der Waals surface area contributed by atoms with Gasteiger partial charge in [0.05, 0.1) is 12.2 Å². The molecule has 0 aliphatic carbocycles. The van der Waals surface area contributed by atoms with E-state index < -0.39 is 0 Å². The molecule has 7 heteroatoms. The Kier molecular flexibility index (Phi) is 5.48. The number of hydrogen-bond donors (Lipinski definition) is 1. The highest BCUT2D eigenvalue weighted by Gasteiger charge is 2.04. The molecule has 0 aliphatic rings. The molecule has 0 spiro atoms. The van der Waals surface area contributed by atoms with Gasteiger partial charge in [-0.3, -0.25) is 14.6 Å². The van der Waals surface area contributed by atoms with Crippen LogP contribution in [0.2, 0.25) is 0 Å². The second-order valence-corrected chi connectivity index (χ2v) is 6.14. The van der Waals surface area contributed by atoms with Gasteiger partial charge in [-0.15, -0.1) is 11.3 Å². The molecule has 0 aromatic carbocycles. The van der Waals surface area contributed by atoms with Crippen molar-refractivity contribution in [2.75, 3.05) is 6.54 Å². The maximum atomic E-state index is 11.9. The van der Waals surface area contributed by atoms with E-state index >= 15 is 0 Å². The molecule has 25 heavy (non-hydrogen) atoms. The molecule has 0 saturated carbocycles. The number of nitrogens with one attached hydrogen (secondary N) is 1. The number of hydrogen-bond acceptors (Lipinski definition) is 5. The summed E-state index contributed by atoms with van der Waals surface area (Å²) in [5, 5.41) is 9.02. The summed E-state index contributed by atoms with van der Waals surface area (Å²) in [6.07, 6.45) is 6.61. The van der Waals surface area contributed by atoms with Crippen LogP contribution in [0.3, 0.4) is 0 Å². The molecular weight excluding hydrogens is 336 g/mol. The lowest BCUT2D eigenvalue weighted by Gasteiger charge is -2.07. The highest BCUT2D eigenvalue weighted by Crippen LogP contribution is 2.12. The third-order valence-electron chi connectivity index (χ3n) is 3.39. The number of carbonyl (C=O) groups is 1. The van der Waals surface area contributed by atoms with Crippen LogP contribution in [0.1, 0.15) is 4.88 Å². The second-order valence-electron chi connectivity index (χ2n) is 5.16. The first-order chi connectivity index (χ1) is 12.2. The van der Waals surface area contributed by atoms with Crippen LogP contribution in [-0.4, -0.2) is 27.2 Å². The lowest BCUT2D eigenvalue weighted by molar-refractivity contribution is -0.116. The first-order valence-electron chi connectivity index (χ1n) is 7.70. The van der Waals surface area contributed by atoms with Crippen LogP contribution in [0, 0.1) is 0 Å². The van der Waals surface area contributed by atoms with Crippen molar-refractivity contribution in [2.24, 2.45) is 0 Å². The van der Waals surface area contributed by atoms with E-state index in [9.17, 15) is 9.59 Å². The molecule has 0 unspecified atom stereocenters. The van der Waals surface area contributed by atoms with E-state index in [0.717, 1.165) is 10.4 Å². The van der Waals surface area contributed by atoms with E-state index in [-0.39, 0.29) is 11.5 Å². The third kappa shape index (κ3) is 4.71. The fraction of sp³-hybridized carbons (Fsp3) is 0.111. The third-order valence-corrected chi connectivity index (χ3v) is 4.23. The van der Waals surface area contributed by atoms with Crippen LogP contribution in [0.4, 0.5) is 0 Å². The summed E-state index contributed by atoms with van der Waals surface area (Å²) in [6.45, 7) is 0.614. The Bertz CT molecular complexity index is 918. The van der Waals surface area contributed by atoms with E-state index in [1.807, 2.05) is 29.6 Å². The first-order valence-corrected chi connectivity index (χ1v) is 8.58. The zero-order valence-corrected chi connectivity index (χ0v) is 14.1. The van der Waals surface area contributed by atoms with Crippen molar-refractivity contribution >= 4 is 23.3 Å². The topological polar surface area (TPSA) is 76.9 Å². The van der Waals surface area contributed by atoms with Crippen LogP contribution in [-0.2, 0) is 11.3 Å². The van der Waals surface area contributed by atoms with Crippen LogP contribution >= 0.6 is 11.3 Å². The van der Waals surface area contributed by atoms with E-state index in [1.54, 1.807) is 35.9 Å². The van der Waals surface area contributed by atoms with Crippen LogP contribution in [0.15, 0.2) is 65.0 Å². The van der Waals surface area contributed by atoms with Crippen LogP contribution < -0.4 is 10.9 Å². The Morgan fingerprint density at radius 3 is 2.92 bits per heavy atom. The first kappa shape index (κ1) is 16.8. The van der Waals surface area contributed by atoms with Crippen molar-refractivity contribution in [1.29, 1.82) is 0 Å². The van der Waals surface area contributed by atoms with Gasteiger partial charge in [-0.1, -0.05) is 6.07 Å². The highest BCUT2D eigenvalue weighted by molar-refractivity contribution is 7.10. The molecule has 0 fully saturated rings. The van der Waals surface area contributed by atoms with Gasteiger partial charge in [-0.25, -0.2) is 4.68 Å². The summed E-state index contributed by atoms with van der Waals surface area (Å²) >= 11 is 1.56. The van der Waals surface area contributed by atoms with Crippen molar-refractivity contribution in [1.82, 2.24) is 20.1 Å². The minimum Gasteiger partial charge on any atom is -0.351 e. The number of carbonyl (C=O) groups excluding carboxylic acids is 1. The molecule has 3 rings (SSSR count). The zero-order chi connectivity index (χ0) is 17.5. The van der Waals surface area contributed by atoms with Gasteiger partial charge in [-0.2, -0.15) is 5.10 Å². The zero-order valence-electron chi connectivity index (χ0n) is 13.3. The van der Waals surface area contributed by atoms with E-state index in [1.165, 1.54) is 16.8 Å². The molecule has 1 amide bonds. The minimum absolute atomic E-state index is 0.204. The van der Waals surface area contributed by atoms with Gasteiger partial charge in [-0.05, 0) is 35.7 Å². The Hall–Kier alpha value is -3.06. The smallest absolute Gasteiger partial charge is 0.266 e. The van der Waals surface area contributed by atoms with Gasteiger partial charge in [0.15, 0.2) is 0 Å². The second kappa shape index (κ2) is 8.16. The Morgan fingerprint density at radius 2 is 2.16 bits per heavy atom. The van der Waals surface area contributed by atoms with E-state index in [0.29, 0.717) is 18.8 Å². The van der Waals surface area contributed by atoms with Crippen molar-refractivity contribution in [3.8, 4) is 11.3 Å². The average molecular weight is 352 g/mol. The van der Waals surface area contributed by atoms with Crippen molar-refractivity contribution in [3.05, 3.63) is 75.5 Å². The molecule has 0 aliphatic heterocycles. The van der Waals surface area contributed by atoms with Crippen LogP contribution in [0.25, 0.3) is 17.3 Å². The largest absolute Gasteiger partial charge is 0.351 e. The van der Waals surface area contributed by atoms with Crippen LogP contribution in [0.5, 0.6) is 0 Å². The maximum Gasteiger partial charge on any atom is 0.266 e. The Morgan fingerprint density at radius 1 is 1.24 bits per heavy atom. The fourth-order valence-corrected chi connectivity index (χ4v) is 2.78. The summed E-state index contributed by atoms with van der Waals surface area (Å²) in [5.74, 6) is -0.204. The van der Waals surface area contributed by atoms with Crippen molar-refractivity contribution < 1.29 is 4.79 Å². The molecule has 6 nitrogen and oxygen atoms in total. The molecule has 126 valence electrons. The quantitative estimate of drug-likeness (QED) is 0.690. The monoisotopic (exact) mass is 352 g/mol. The number of amides is 1. The molecule has 3 aromatic heterocycles. The molecular formula is C18H16N4O2S. The molecule has 3 heterocycles. The Labute approximate surface area is 148 Å². The molecule has 3 aromatic rings. The normalized spacial score (nSPS) is 10.9. The van der Waals surface area contributed by atoms with E-state index in [4.69, 9.17) is 0 Å². The van der Waals surface area contributed by atoms with Gasteiger partial charge >= 0.3 is 0 Å². The Balaban J connectivity index is 1.59. The average Bonchev–Trinajstić information content (AvgIpc) is 3.16. The molecule has 0 saturated heterocycles. The fourth-order valence-electron chi connectivity index (χ4n) is 2.17. The molecule has 1 N–H and O–H groups in total. The van der Waals surface area contributed by atoms with Gasteiger partial charge in [0.25, 0.3) is 5.56 Å². The lowest BCUT2D eigenvalue weighted by atomic mass is 10.2. The number of rotatable bonds is 6. The van der Waals surface area contributed by atoms with Gasteiger partial charge in [0, 0.05) is 41.5 Å². The molecule has 0 bridgehead atoms. The molecule has 0 atom stereocenters. The summed E-state index contributed by atoms with van der Waals surface area (Å²) in [7, 11) is 0. The van der Waals surface area contributed by atoms with Gasteiger partial charge < -0.3 is 5.32 Å². The van der Waals surface area contributed by atoms with Crippen molar-refractivity contribution in [3.63, 3.8) is 0 Å². The number of aromatic nitrogens is 3. The minimum atomic E-state index is -0.212. The summed E-state index contributed by atoms with van der Waals surface area (Å²) < 4.78 is 1.34. The standard InChI is InChI=1S/C18H16N4O2S/c23-17(7-5-15-4-2-12-25-15)20-10-11-22-18(24)8-6-16(21-22)14-3-1-9-19-13-14/h1-9,12-13H,10-11H2,(H,20,23)/b7-5+. The lowest BCUT2D eigenvalue weighted by Crippen LogP contribution is -2.31. The predicted octanol–water partition coefficient (Wildman–Crippen LogP) is 2.20. The summed E-state index contributed by atoms with van der Waals surface area (Å²) in [4.78, 5) is 28.8. The summed E-state index contributed by atoms with van der Waals surface area (Å²) in [5.41, 5.74) is 1.28. The van der Waals surface area contributed by atoms with Gasteiger partial charge in [0.1, 0.15) is 0 Å². The van der Waals surface area contributed by atoms with E-state index in [2.05, 4.69) is 15.4 Å². The SMILES string of the molecule is O=C(/C=C/c1cccs1)NCCn1nc(-c2cccnc2)ccc1=O. The van der Waals surface area contributed by atoms with Gasteiger partial charge in [0.2, 0.25) is 5.91 Å². The number of nitrogens with zero attached hydrogens (tertiary/aromatic N) is 3.